The molecule has 1 aromatic heterocycles. The first-order valence-electron chi connectivity index (χ1n) is 7.11. The highest BCUT2D eigenvalue weighted by molar-refractivity contribution is 5.59. The number of hydrogen-bond acceptors (Lipinski definition) is 2. The lowest BCUT2D eigenvalue weighted by Crippen LogP contribution is -2.21. The van der Waals surface area contributed by atoms with Crippen LogP contribution in [0.25, 0.3) is 11.3 Å². The molecule has 0 amide bonds. The third-order valence-corrected chi connectivity index (χ3v) is 3.24. The van der Waals surface area contributed by atoms with Gasteiger partial charge in [0.2, 0.25) is 0 Å². The Kier molecular flexibility index (Phi) is 4.07. The van der Waals surface area contributed by atoms with Gasteiger partial charge in [-0.3, -0.25) is 4.79 Å². The fraction of sp³-hybridized carbons (Fsp3) is 0.412. The number of aromatic nitrogens is 2. The Morgan fingerprint density at radius 1 is 1.15 bits per heavy atom. The van der Waals surface area contributed by atoms with E-state index in [9.17, 15) is 4.79 Å². The third kappa shape index (κ3) is 3.35. The van der Waals surface area contributed by atoms with E-state index >= 15 is 0 Å². The number of rotatable bonds is 3. The molecule has 1 N–H and O–H groups in total. The number of H-pyrrole nitrogens is 1. The molecule has 3 heteroatoms. The highest BCUT2D eigenvalue weighted by Gasteiger charge is 2.17. The molecule has 0 aliphatic heterocycles. The van der Waals surface area contributed by atoms with Gasteiger partial charge in [-0.25, -0.2) is 4.98 Å². The van der Waals surface area contributed by atoms with Crippen LogP contribution in [0.15, 0.2) is 35.1 Å². The summed E-state index contributed by atoms with van der Waals surface area (Å²) < 4.78 is 0. The van der Waals surface area contributed by atoms with Crippen molar-refractivity contribution in [2.24, 2.45) is 0 Å². The van der Waals surface area contributed by atoms with Gasteiger partial charge in [-0.05, 0) is 12.0 Å². The summed E-state index contributed by atoms with van der Waals surface area (Å²) in [5, 5.41) is 0. The molecule has 1 aromatic carbocycles. The van der Waals surface area contributed by atoms with Crippen LogP contribution >= 0.6 is 0 Å². The fourth-order valence-electron chi connectivity index (χ4n) is 2.09. The first kappa shape index (κ1) is 14.5. The smallest absolute Gasteiger partial charge is 0.251 e. The van der Waals surface area contributed by atoms with E-state index in [4.69, 9.17) is 0 Å². The van der Waals surface area contributed by atoms with E-state index in [0.29, 0.717) is 0 Å². The van der Waals surface area contributed by atoms with Crippen LogP contribution in [0.5, 0.6) is 0 Å². The monoisotopic (exact) mass is 270 g/mol. The Hall–Kier alpha value is -1.90. The van der Waals surface area contributed by atoms with Gasteiger partial charge >= 0.3 is 0 Å². The molecule has 2 rings (SSSR count). The topological polar surface area (TPSA) is 45.8 Å². The predicted octanol–water partition coefficient (Wildman–Crippen LogP) is 3.69. The van der Waals surface area contributed by atoms with Crippen molar-refractivity contribution in [3.8, 4) is 11.3 Å². The highest BCUT2D eigenvalue weighted by Crippen LogP contribution is 2.21. The summed E-state index contributed by atoms with van der Waals surface area (Å²) in [5.41, 5.74) is 2.77. The van der Waals surface area contributed by atoms with Gasteiger partial charge in [-0.15, -0.1) is 0 Å². The number of hydrogen-bond donors (Lipinski definition) is 1. The molecule has 0 aliphatic carbocycles. The molecular weight excluding hydrogens is 248 g/mol. The molecule has 0 saturated heterocycles. The van der Waals surface area contributed by atoms with Crippen LogP contribution in [-0.2, 0) is 11.8 Å². The van der Waals surface area contributed by atoms with E-state index in [2.05, 4.69) is 29.0 Å². The number of nitrogens with one attached hydrogen (secondary N) is 1. The largest absolute Gasteiger partial charge is 0.310 e. The van der Waals surface area contributed by atoms with Crippen molar-refractivity contribution in [1.29, 1.82) is 0 Å². The minimum absolute atomic E-state index is 0.0995. The normalized spacial score (nSPS) is 11.6. The Bertz CT molecular complexity index is 633. The summed E-state index contributed by atoms with van der Waals surface area (Å²) in [6.45, 7) is 8.29. The zero-order chi connectivity index (χ0) is 14.8. The van der Waals surface area contributed by atoms with Crippen LogP contribution < -0.4 is 5.56 Å². The summed E-state index contributed by atoms with van der Waals surface area (Å²) in [4.78, 5) is 19.2. The lowest BCUT2D eigenvalue weighted by molar-refractivity contribution is 0.543. The Morgan fingerprint density at radius 3 is 2.35 bits per heavy atom. The standard InChI is InChI=1S/C17H22N2O/c1-5-6-12-7-9-13(10-8-12)14-11-15(20)19-16(18-14)17(2,3)4/h7-11H,5-6H2,1-4H3,(H,18,19,20). The second-order valence-corrected chi connectivity index (χ2v) is 6.18. The van der Waals surface area contributed by atoms with Crippen LogP contribution in [0, 0.1) is 0 Å². The molecule has 106 valence electrons. The van der Waals surface area contributed by atoms with Crippen molar-refractivity contribution in [3.63, 3.8) is 0 Å². The highest BCUT2D eigenvalue weighted by atomic mass is 16.1. The lowest BCUT2D eigenvalue weighted by atomic mass is 9.95. The van der Waals surface area contributed by atoms with Crippen molar-refractivity contribution in [3.05, 3.63) is 52.1 Å². The zero-order valence-corrected chi connectivity index (χ0v) is 12.7. The van der Waals surface area contributed by atoms with Gasteiger partial charge in [0.25, 0.3) is 5.56 Å². The maximum absolute atomic E-state index is 11.8. The maximum Gasteiger partial charge on any atom is 0.251 e. The van der Waals surface area contributed by atoms with Crippen molar-refractivity contribution in [2.45, 2.75) is 46.0 Å². The third-order valence-electron chi connectivity index (χ3n) is 3.24. The second-order valence-electron chi connectivity index (χ2n) is 6.18. The molecule has 0 bridgehead atoms. The quantitative estimate of drug-likeness (QED) is 0.924. The number of nitrogens with zero attached hydrogens (tertiary/aromatic N) is 1. The van der Waals surface area contributed by atoms with E-state index < -0.39 is 0 Å². The van der Waals surface area contributed by atoms with Crippen LogP contribution in [0.4, 0.5) is 0 Å². The Labute approximate surface area is 120 Å². The van der Waals surface area contributed by atoms with Gasteiger partial charge in [-0.2, -0.15) is 0 Å². The van der Waals surface area contributed by atoms with E-state index in [1.807, 2.05) is 32.9 Å². The molecule has 0 fully saturated rings. The first-order chi connectivity index (χ1) is 9.40. The summed E-state index contributed by atoms with van der Waals surface area (Å²) in [6, 6.07) is 9.86. The van der Waals surface area contributed by atoms with Crippen molar-refractivity contribution < 1.29 is 0 Å². The van der Waals surface area contributed by atoms with Gasteiger partial charge in [0.1, 0.15) is 5.82 Å². The number of benzene rings is 1. The van der Waals surface area contributed by atoms with Crippen molar-refractivity contribution in [2.75, 3.05) is 0 Å². The summed E-state index contributed by atoms with van der Waals surface area (Å²) in [6.07, 6.45) is 2.22. The summed E-state index contributed by atoms with van der Waals surface area (Å²) in [5.74, 6) is 0.720. The van der Waals surface area contributed by atoms with Gasteiger partial charge in [0.05, 0.1) is 5.69 Å². The molecule has 0 aliphatic rings. The van der Waals surface area contributed by atoms with Crippen LogP contribution in [-0.4, -0.2) is 9.97 Å². The fourth-order valence-corrected chi connectivity index (χ4v) is 2.09. The van der Waals surface area contributed by atoms with Crippen molar-refractivity contribution in [1.82, 2.24) is 9.97 Å². The molecule has 0 saturated carbocycles. The SMILES string of the molecule is CCCc1ccc(-c2cc(=O)[nH]c(C(C)(C)C)n2)cc1. The van der Waals surface area contributed by atoms with Crippen LogP contribution in [0.3, 0.4) is 0 Å². The van der Waals surface area contributed by atoms with Gasteiger partial charge in [0.15, 0.2) is 0 Å². The summed E-state index contributed by atoms with van der Waals surface area (Å²) >= 11 is 0. The zero-order valence-electron chi connectivity index (χ0n) is 12.7. The molecule has 2 aromatic rings. The average molecular weight is 270 g/mol. The molecule has 0 spiro atoms. The Morgan fingerprint density at radius 2 is 1.80 bits per heavy atom. The first-order valence-corrected chi connectivity index (χ1v) is 7.11. The van der Waals surface area contributed by atoms with Gasteiger partial charge in [0, 0.05) is 17.0 Å². The Balaban J connectivity index is 2.42. The maximum atomic E-state index is 11.8. The molecule has 20 heavy (non-hydrogen) atoms. The van der Waals surface area contributed by atoms with E-state index in [1.54, 1.807) is 6.07 Å². The lowest BCUT2D eigenvalue weighted by Gasteiger charge is -2.17. The molecular formula is C17H22N2O. The molecule has 1 heterocycles. The van der Waals surface area contributed by atoms with Gasteiger partial charge in [-0.1, -0.05) is 58.4 Å². The molecule has 0 unspecified atom stereocenters. The minimum atomic E-state index is -0.169. The minimum Gasteiger partial charge on any atom is -0.310 e. The summed E-state index contributed by atoms with van der Waals surface area (Å²) in [7, 11) is 0. The molecule has 0 atom stereocenters. The van der Waals surface area contributed by atoms with Crippen LogP contribution in [0.2, 0.25) is 0 Å². The molecule has 0 radical (unpaired) electrons. The van der Waals surface area contributed by atoms with Crippen LogP contribution in [0.1, 0.15) is 45.5 Å². The van der Waals surface area contributed by atoms with E-state index in [-0.39, 0.29) is 11.0 Å². The average Bonchev–Trinajstić information content (AvgIpc) is 2.38. The number of aryl methyl sites for hydroxylation is 1. The van der Waals surface area contributed by atoms with E-state index in [0.717, 1.165) is 29.9 Å². The van der Waals surface area contributed by atoms with E-state index in [1.165, 1.54) is 5.56 Å². The van der Waals surface area contributed by atoms with Gasteiger partial charge < -0.3 is 4.98 Å². The molecule has 3 nitrogen and oxygen atoms in total. The number of aromatic amines is 1. The predicted molar refractivity (Wildman–Crippen MR) is 83.0 cm³/mol. The second kappa shape index (κ2) is 5.61. The van der Waals surface area contributed by atoms with Crippen molar-refractivity contribution >= 4 is 0 Å².